The Balaban J connectivity index is 2.16. The molecule has 0 saturated heterocycles. The molecule has 0 aliphatic rings. The topological polar surface area (TPSA) is 29.3 Å². The van der Waals surface area contributed by atoms with E-state index in [1.165, 1.54) is 34.9 Å². The Morgan fingerprint density at radius 3 is 2.79 bits per heavy atom. The maximum atomic E-state index is 6.02. The van der Waals surface area contributed by atoms with Crippen LogP contribution in [0.1, 0.15) is 37.8 Å². The summed E-state index contributed by atoms with van der Waals surface area (Å²) < 4.78 is 1.36. The third kappa shape index (κ3) is 3.35. The third-order valence-electron chi connectivity index (χ3n) is 3.74. The van der Waals surface area contributed by atoms with Gasteiger partial charge < -0.3 is 5.73 Å². The molecule has 19 heavy (non-hydrogen) atoms. The van der Waals surface area contributed by atoms with E-state index in [-0.39, 0.29) is 0 Å². The Hall–Kier alpha value is -0.900. The maximum Gasteiger partial charge on any atom is 0.0481 e. The summed E-state index contributed by atoms with van der Waals surface area (Å²) in [5.74, 6) is 0. The Morgan fingerprint density at radius 2 is 2.05 bits per heavy atom. The number of fused-ring (bicyclic) bond motifs is 1. The van der Waals surface area contributed by atoms with E-state index in [2.05, 4.69) is 48.5 Å². The van der Waals surface area contributed by atoms with Crippen molar-refractivity contribution in [1.82, 2.24) is 4.90 Å². The van der Waals surface area contributed by atoms with Gasteiger partial charge in [0.1, 0.15) is 0 Å². The van der Waals surface area contributed by atoms with Crippen LogP contribution in [-0.2, 0) is 0 Å². The van der Waals surface area contributed by atoms with Crippen molar-refractivity contribution in [1.29, 1.82) is 0 Å². The number of nitrogens with two attached hydrogens (primary N) is 1. The predicted molar refractivity (Wildman–Crippen MR) is 85.8 cm³/mol. The molecule has 0 aliphatic heterocycles. The van der Waals surface area contributed by atoms with Crippen molar-refractivity contribution in [3.05, 3.63) is 35.2 Å². The SMILES string of the molecule is CCCCCN(C)C(CN)c1csc2ccccc12. The second-order valence-electron chi connectivity index (χ2n) is 5.13. The van der Waals surface area contributed by atoms with Crippen molar-refractivity contribution in [3.63, 3.8) is 0 Å². The van der Waals surface area contributed by atoms with Gasteiger partial charge in [0.25, 0.3) is 0 Å². The highest BCUT2D eigenvalue weighted by atomic mass is 32.1. The first-order chi connectivity index (χ1) is 9.27. The smallest absolute Gasteiger partial charge is 0.0481 e. The van der Waals surface area contributed by atoms with E-state index in [1.54, 1.807) is 0 Å². The highest BCUT2D eigenvalue weighted by Gasteiger charge is 2.18. The van der Waals surface area contributed by atoms with Gasteiger partial charge in [-0.25, -0.2) is 0 Å². The fourth-order valence-electron chi connectivity index (χ4n) is 2.57. The molecular weight excluding hydrogens is 252 g/mol. The first-order valence-corrected chi connectivity index (χ1v) is 8.02. The van der Waals surface area contributed by atoms with Crippen LogP contribution in [0.4, 0.5) is 0 Å². The van der Waals surface area contributed by atoms with Crippen molar-refractivity contribution in [2.75, 3.05) is 20.1 Å². The molecule has 1 aromatic carbocycles. The summed E-state index contributed by atoms with van der Waals surface area (Å²) in [5, 5.41) is 3.64. The van der Waals surface area contributed by atoms with Crippen molar-refractivity contribution in [2.24, 2.45) is 5.73 Å². The Labute approximate surface area is 120 Å². The first kappa shape index (κ1) is 14.5. The number of nitrogens with zero attached hydrogens (tertiary/aromatic N) is 1. The number of hydrogen-bond donors (Lipinski definition) is 1. The summed E-state index contributed by atoms with van der Waals surface area (Å²) in [6.45, 7) is 4.05. The van der Waals surface area contributed by atoms with Crippen LogP contribution in [0.5, 0.6) is 0 Å². The Kier molecular flexibility index (Phi) is 5.37. The summed E-state index contributed by atoms with van der Waals surface area (Å²) in [4.78, 5) is 2.41. The summed E-state index contributed by atoms with van der Waals surface area (Å²) in [5.41, 5.74) is 7.41. The molecule has 1 unspecified atom stereocenters. The van der Waals surface area contributed by atoms with E-state index in [0.717, 1.165) is 6.54 Å². The van der Waals surface area contributed by atoms with E-state index >= 15 is 0 Å². The third-order valence-corrected chi connectivity index (χ3v) is 4.72. The minimum absolute atomic E-state index is 0.341. The molecule has 0 aliphatic carbocycles. The molecule has 1 atom stereocenters. The van der Waals surface area contributed by atoms with Gasteiger partial charge in [0.15, 0.2) is 0 Å². The zero-order valence-corrected chi connectivity index (χ0v) is 12.7. The van der Waals surface area contributed by atoms with Gasteiger partial charge in [-0.2, -0.15) is 0 Å². The van der Waals surface area contributed by atoms with Crippen molar-refractivity contribution >= 4 is 21.4 Å². The number of hydrogen-bond acceptors (Lipinski definition) is 3. The number of rotatable bonds is 7. The Morgan fingerprint density at radius 1 is 1.26 bits per heavy atom. The zero-order valence-electron chi connectivity index (χ0n) is 11.9. The largest absolute Gasteiger partial charge is 0.329 e. The number of benzene rings is 1. The lowest BCUT2D eigenvalue weighted by molar-refractivity contribution is 0.246. The second-order valence-corrected chi connectivity index (χ2v) is 6.04. The molecule has 2 N–H and O–H groups in total. The average Bonchev–Trinajstić information content (AvgIpc) is 2.84. The summed E-state index contributed by atoms with van der Waals surface area (Å²) >= 11 is 1.82. The lowest BCUT2D eigenvalue weighted by atomic mass is 10.0. The molecule has 104 valence electrons. The minimum Gasteiger partial charge on any atom is -0.329 e. The average molecular weight is 276 g/mol. The lowest BCUT2D eigenvalue weighted by Crippen LogP contribution is -2.31. The monoisotopic (exact) mass is 276 g/mol. The normalized spacial score (nSPS) is 13.3. The minimum atomic E-state index is 0.341. The van der Waals surface area contributed by atoms with Gasteiger partial charge >= 0.3 is 0 Å². The zero-order chi connectivity index (χ0) is 13.7. The quantitative estimate of drug-likeness (QED) is 0.774. The molecule has 0 fully saturated rings. The number of unbranched alkanes of at least 4 members (excludes halogenated alkanes) is 2. The molecule has 1 heterocycles. The molecule has 2 nitrogen and oxygen atoms in total. The summed E-state index contributed by atoms with van der Waals surface area (Å²) in [6.07, 6.45) is 3.82. The van der Waals surface area contributed by atoms with Crippen LogP contribution in [0, 0.1) is 0 Å². The molecule has 0 spiro atoms. The van der Waals surface area contributed by atoms with Crippen molar-refractivity contribution < 1.29 is 0 Å². The van der Waals surface area contributed by atoms with Gasteiger partial charge in [-0.05, 0) is 42.4 Å². The summed E-state index contributed by atoms with van der Waals surface area (Å²) in [6, 6.07) is 8.96. The lowest BCUT2D eigenvalue weighted by Gasteiger charge is -2.27. The van der Waals surface area contributed by atoms with E-state index in [1.807, 2.05) is 11.3 Å². The van der Waals surface area contributed by atoms with Crippen LogP contribution in [0.2, 0.25) is 0 Å². The van der Waals surface area contributed by atoms with Gasteiger partial charge in [0, 0.05) is 17.3 Å². The van der Waals surface area contributed by atoms with Crippen molar-refractivity contribution in [3.8, 4) is 0 Å². The molecule has 3 heteroatoms. The van der Waals surface area contributed by atoms with Gasteiger partial charge in [0.2, 0.25) is 0 Å². The Bertz CT molecular complexity index is 506. The van der Waals surface area contributed by atoms with E-state index in [9.17, 15) is 0 Å². The first-order valence-electron chi connectivity index (χ1n) is 7.14. The van der Waals surface area contributed by atoms with Crippen LogP contribution in [-0.4, -0.2) is 25.0 Å². The standard InChI is InChI=1S/C16H24N2S/c1-3-4-7-10-18(2)15(11-17)14-12-19-16-9-6-5-8-13(14)16/h5-6,8-9,12,15H,3-4,7,10-11,17H2,1-2H3. The molecule has 0 radical (unpaired) electrons. The highest BCUT2D eigenvalue weighted by Crippen LogP contribution is 2.32. The van der Waals surface area contributed by atoms with Crippen LogP contribution < -0.4 is 5.73 Å². The fraction of sp³-hybridized carbons (Fsp3) is 0.500. The van der Waals surface area contributed by atoms with Crippen LogP contribution in [0.15, 0.2) is 29.6 Å². The molecule has 1 aromatic heterocycles. The second kappa shape index (κ2) is 7.04. The predicted octanol–water partition coefficient (Wildman–Crippen LogP) is 4.02. The molecule has 0 saturated carbocycles. The molecular formula is C16H24N2S. The van der Waals surface area contributed by atoms with E-state index in [4.69, 9.17) is 5.73 Å². The van der Waals surface area contributed by atoms with Gasteiger partial charge in [0.05, 0.1) is 0 Å². The van der Waals surface area contributed by atoms with Gasteiger partial charge in [-0.3, -0.25) is 4.90 Å². The molecule has 2 aromatic rings. The molecule has 2 rings (SSSR count). The van der Waals surface area contributed by atoms with Crippen LogP contribution in [0.25, 0.3) is 10.1 Å². The molecule has 0 amide bonds. The fourth-order valence-corrected chi connectivity index (χ4v) is 3.58. The van der Waals surface area contributed by atoms with Gasteiger partial charge in [-0.15, -0.1) is 11.3 Å². The summed E-state index contributed by atoms with van der Waals surface area (Å²) in [7, 11) is 2.19. The maximum absolute atomic E-state index is 6.02. The van der Waals surface area contributed by atoms with E-state index in [0.29, 0.717) is 12.6 Å². The molecule has 0 bridgehead atoms. The van der Waals surface area contributed by atoms with E-state index < -0.39 is 0 Å². The van der Waals surface area contributed by atoms with Crippen molar-refractivity contribution in [2.45, 2.75) is 32.2 Å². The van der Waals surface area contributed by atoms with Crippen LogP contribution >= 0.6 is 11.3 Å². The number of likely N-dealkylation sites (N-methyl/N-ethyl adjacent to an activating group) is 1. The van der Waals surface area contributed by atoms with Crippen LogP contribution in [0.3, 0.4) is 0 Å². The number of thiophene rings is 1. The van der Waals surface area contributed by atoms with Gasteiger partial charge in [-0.1, -0.05) is 38.0 Å². The highest BCUT2D eigenvalue weighted by molar-refractivity contribution is 7.17.